The molecule has 24 heavy (non-hydrogen) atoms. The molecule has 2 heterocycles. The Morgan fingerprint density at radius 3 is 2.75 bits per heavy atom. The summed E-state index contributed by atoms with van der Waals surface area (Å²) in [4.78, 5) is 16.8. The fraction of sp³-hybridized carbons (Fsp3) is 0.278. The molecule has 2 aromatic heterocycles. The van der Waals surface area contributed by atoms with Gasteiger partial charge in [0.25, 0.3) is 5.91 Å². The van der Waals surface area contributed by atoms with Crippen LogP contribution in [-0.4, -0.2) is 27.2 Å². The zero-order chi connectivity index (χ0) is 17.1. The highest BCUT2D eigenvalue weighted by atomic mass is 35.5. The number of unbranched alkanes of at least 4 members (excludes halogenated alkanes) is 1. The zero-order valence-electron chi connectivity index (χ0n) is 13.7. The highest BCUT2D eigenvalue weighted by Crippen LogP contribution is 2.29. The number of benzene rings is 1. The van der Waals surface area contributed by atoms with E-state index in [0.717, 1.165) is 24.2 Å². The van der Waals surface area contributed by atoms with Crippen LogP contribution < -0.4 is 5.32 Å². The van der Waals surface area contributed by atoms with Crippen molar-refractivity contribution in [2.45, 2.75) is 26.7 Å². The second-order valence-corrected chi connectivity index (χ2v) is 6.00. The van der Waals surface area contributed by atoms with Gasteiger partial charge in [-0.25, -0.2) is 9.67 Å². The number of halogens is 1. The topological polar surface area (TPSA) is 59.8 Å². The molecule has 6 heteroatoms. The molecule has 1 N–H and O–H groups in total. The minimum Gasteiger partial charge on any atom is -0.352 e. The van der Waals surface area contributed by atoms with Crippen molar-refractivity contribution in [2.24, 2.45) is 0 Å². The van der Waals surface area contributed by atoms with Crippen molar-refractivity contribution >= 4 is 28.5 Å². The number of pyridine rings is 1. The predicted octanol–water partition coefficient (Wildman–Crippen LogP) is 3.91. The van der Waals surface area contributed by atoms with E-state index in [0.29, 0.717) is 28.2 Å². The lowest BCUT2D eigenvalue weighted by molar-refractivity contribution is 0.0953. The molecule has 0 unspecified atom stereocenters. The summed E-state index contributed by atoms with van der Waals surface area (Å²) in [6.45, 7) is 4.58. The van der Waals surface area contributed by atoms with Gasteiger partial charge in [0.15, 0.2) is 5.65 Å². The van der Waals surface area contributed by atoms with Crippen molar-refractivity contribution in [3.05, 3.63) is 52.8 Å². The van der Waals surface area contributed by atoms with Gasteiger partial charge in [-0.3, -0.25) is 4.79 Å². The number of fused-ring (bicyclic) bond motifs is 1. The first-order valence-electron chi connectivity index (χ1n) is 8.01. The summed E-state index contributed by atoms with van der Waals surface area (Å²) in [5.41, 5.74) is 2.68. The molecule has 0 saturated carbocycles. The number of hydrogen-bond acceptors (Lipinski definition) is 3. The number of carbonyl (C=O) groups is 1. The number of rotatable bonds is 5. The van der Waals surface area contributed by atoms with E-state index in [-0.39, 0.29) is 5.91 Å². The van der Waals surface area contributed by atoms with Crippen LogP contribution in [-0.2, 0) is 0 Å². The fourth-order valence-electron chi connectivity index (χ4n) is 2.59. The molecule has 0 aliphatic heterocycles. The van der Waals surface area contributed by atoms with Crippen molar-refractivity contribution in [2.75, 3.05) is 6.54 Å². The van der Waals surface area contributed by atoms with Gasteiger partial charge in [0.05, 0.1) is 27.4 Å². The van der Waals surface area contributed by atoms with Gasteiger partial charge in [-0.2, -0.15) is 5.10 Å². The molecule has 0 aliphatic carbocycles. The second-order valence-electron chi connectivity index (χ2n) is 5.63. The summed E-state index contributed by atoms with van der Waals surface area (Å²) in [5, 5.41) is 8.52. The lowest BCUT2D eigenvalue weighted by atomic mass is 10.2. The molecule has 1 aromatic carbocycles. The quantitative estimate of drug-likeness (QED) is 0.715. The van der Waals surface area contributed by atoms with E-state index in [1.807, 2.05) is 37.3 Å². The Kier molecular flexibility index (Phi) is 4.81. The van der Waals surface area contributed by atoms with Crippen LogP contribution in [0.1, 0.15) is 35.8 Å². The van der Waals surface area contributed by atoms with Crippen molar-refractivity contribution in [1.29, 1.82) is 0 Å². The van der Waals surface area contributed by atoms with Gasteiger partial charge in [-0.15, -0.1) is 0 Å². The van der Waals surface area contributed by atoms with Crippen LogP contribution in [0.15, 0.2) is 36.5 Å². The van der Waals surface area contributed by atoms with Crippen LogP contribution in [0.5, 0.6) is 0 Å². The first kappa shape index (κ1) is 16.5. The molecule has 3 aromatic rings. The molecule has 1 amide bonds. The maximum atomic E-state index is 12.3. The van der Waals surface area contributed by atoms with E-state index in [9.17, 15) is 4.79 Å². The number of aryl methyl sites for hydroxylation is 1. The molecule has 0 saturated heterocycles. The van der Waals surface area contributed by atoms with Crippen LogP contribution in [0.4, 0.5) is 0 Å². The van der Waals surface area contributed by atoms with E-state index in [1.54, 1.807) is 4.68 Å². The van der Waals surface area contributed by atoms with Gasteiger partial charge >= 0.3 is 0 Å². The summed E-state index contributed by atoms with van der Waals surface area (Å²) in [6.07, 6.45) is 3.48. The van der Waals surface area contributed by atoms with E-state index >= 15 is 0 Å². The second kappa shape index (κ2) is 7.01. The van der Waals surface area contributed by atoms with Gasteiger partial charge in [0, 0.05) is 12.7 Å². The number of amides is 1. The lowest BCUT2D eigenvalue weighted by Crippen LogP contribution is -2.24. The highest BCUT2D eigenvalue weighted by Gasteiger charge is 2.19. The Morgan fingerprint density at radius 1 is 1.29 bits per heavy atom. The molecule has 0 fully saturated rings. The summed E-state index contributed by atoms with van der Waals surface area (Å²) >= 11 is 6.50. The van der Waals surface area contributed by atoms with Gasteiger partial charge < -0.3 is 5.32 Å². The smallest absolute Gasteiger partial charge is 0.254 e. The number of nitrogens with zero attached hydrogens (tertiary/aromatic N) is 3. The first-order chi connectivity index (χ1) is 11.6. The van der Waals surface area contributed by atoms with Gasteiger partial charge in [0.1, 0.15) is 0 Å². The summed E-state index contributed by atoms with van der Waals surface area (Å²) in [5.74, 6) is -0.199. The van der Waals surface area contributed by atoms with Crippen LogP contribution in [0.25, 0.3) is 16.7 Å². The average Bonchev–Trinajstić information content (AvgIpc) is 2.94. The third kappa shape index (κ3) is 2.99. The predicted molar refractivity (Wildman–Crippen MR) is 95.9 cm³/mol. The standard InChI is InChI=1S/C18H19ClN4O/c1-3-4-10-20-18(24)14-11-21-17-15(16(14)19)12(2)22-23(17)13-8-6-5-7-9-13/h5-9,11H,3-4,10H2,1-2H3,(H,20,24). The maximum Gasteiger partial charge on any atom is 0.254 e. The van der Waals surface area contributed by atoms with Crippen molar-refractivity contribution in [3.63, 3.8) is 0 Å². The summed E-state index contributed by atoms with van der Waals surface area (Å²) in [7, 11) is 0. The molecule has 3 rings (SSSR count). The molecule has 0 radical (unpaired) electrons. The van der Waals surface area contributed by atoms with E-state index in [4.69, 9.17) is 11.6 Å². The number of hydrogen-bond donors (Lipinski definition) is 1. The van der Waals surface area contributed by atoms with Crippen LogP contribution in [0, 0.1) is 6.92 Å². The minimum absolute atomic E-state index is 0.199. The molecular formula is C18H19ClN4O. The van der Waals surface area contributed by atoms with Crippen LogP contribution >= 0.6 is 11.6 Å². The van der Waals surface area contributed by atoms with Crippen molar-refractivity contribution in [1.82, 2.24) is 20.1 Å². The van der Waals surface area contributed by atoms with Crippen LogP contribution in [0.2, 0.25) is 5.02 Å². The third-order valence-electron chi connectivity index (χ3n) is 3.87. The molecule has 0 spiro atoms. The Labute approximate surface area is 145 Å². The zero-order valence-corrected chi connectivity index (χ0v) is 14.5. The largest absolute Gasteiger partial charge is 0.352 e. The number of nitrogens with one attached hydrogen (secondary N) is 1. The minimum atomic E-state index is -0.199. The monoisotopic (exact) mass is 342 g/mol. The average molecular weight is 343 g/mol. The lowest BCUT2D eigenvalue weighted by Gasteiger charge is -2.07. The van der Waals surface area contributed by atoms with Gasteiger partial charge in [0.2, 0.25) is 0 Å². The number of aromatic nitrogens is 3. The first-order valence-corrected chi connectivity index (χ1v) is 8.38. The SMILES string of the molecule is CCCCNC(=O)c1cnc2c(c(C)nn2-c2ccccc2)c1Cl. The van der Waals surface area contributed by atoms with E-state index in [1.165, 1.54) is 6.20 Å². The molecule has 0 atom stereocenters. The molecular weight excluding hydrogens is 324 g/mol. The third-order valence-corrected chi connectivity index (χ3v) is 4.26. The molecule has 124 valence electrons. The molecule has 5 nitrogen and oxygen atoms in total. The number of carbonyl (C=O) groups excluding carboxylic acids is 1. The Morgan fingerprint density at radius 2 is 2.04 bits per heavy atom. The van der Waals surface area contributed by atoms with Crippen molar-refractivity contribution < 1.29 is 4.79 Å². The summed E-state index contributed by atoms with van der Waals surface area (Å²) < 4.78 is 1.75. The van der Waals surface area contributed by atoms with Crippen LogP contribution in [0.3, 0.4) is 0 Å². The number of para-hydroxylation sites is 1. The van der Waals surface area contributed by atoms with Gasteiger partial charge in [-0.1, -0.05) is 43.1 Å². The van der Waals surface area contributed by atoms with E-state index < -0.39 is 0 Å². The molecule has 0 aliphatic rings. The van der Waals surface area contributed by atoms with E-state index in [2.05, 4.69) is 22.3 Å². The summed E-state index contributed by atoms with van der Waals surface area (Å²) in [6, 6.07) is 9.73. The Balaban J connectivity index is 2.04. The maximum absolute atomic E-state index is 12.3. The fourth-order valence-corrected chi connectivity index (χ4v) is 2.95. The normalized spacial score (nSPS) is 11.0. The molecule has 0 bridgehead atoms. The van der Waals surface area contributed by atoms with Gasteiger partial charge in [-0.05, 0) is 25.5 Å². The Hall–Kier alpha value is -2.40. The van der Waals surface area contributed by atoms with Crippen molar-refractivity contribution in [3.8, 4) is 5.69 Å². The Bertz CT molecular complexity index is 874. The highest BCUT2D eigenvalue weighted by molar-refractivity contribution is 6.38.